The minimum absolute atomic E-state index is 0.219. The minimum atomic E-state index is -0.380. The van der Waals surface area contributed by atoms with Gasteiger partial charge in [-0.3, -0.25) is 19.1 Å². The summed E-state index contributed by atoms with van der Waals surface area (Å²) < 4.78 is 6.43. The molecule has 27 heavy (non-hydrogen) atoms. The van der Waals surface area contributed by atoms with Crippen LogP contribution in [0.25, 0.3) is 10.9 Å². The quantitative estimate of drug-likeness (QED) is 0.599. The van der Waals surface area contributed by atoms with Crippen LogP contribution in [0.4, 0.5) is 5.82 Å². The Balaban J connectivity index is 1.67. The fraction of sp³-hybridized carbons (Fsp3) is 0.105. The lowest BCUT2D eigenvalue weighted by Gasteiger charge is -2.08. The topological polar surface area (TPSA) is 103 Å². The molecule has 0 radical (unpaired) electrons. The average molecular weight is 361 g/mol. The van der Waals surface area contributed by atoms with Crippen molar-refractivity contribution < 1.29 is 9.32 Å². The van der Waals surface area contributed by atoms with Crippen molar-refractivity contribution in [1.82, 2.24) is 19.7 Å². The van der Waals surface area contributed by atoms with E-state index in [2.05, 4.69) is 20.4 Å². The second-order valence-electron chi connectivity index (χ2n) is 6.04. The van der Waals surface area contributed by atoms with Gasteiger partial charge in [0.05, 0.1) is 23.8 Å². The first kappa shape index (κ1) is 16.6. The van der Waals surface area contributed by atoms with Crippen LogP contribution in [-0.4, -0.2) is 25.6 Å². The molecule has 8 nitrogen and oxygen atoms in total. The summed E-state index contributed by atoms with van der Waals surface area (Å²) >= 11 is 0. The Kier molecular flexibility index (Phi) is 4.21. The number of carbonyl (C=O) groups is 1. The molecule has 1 amide bonds. The van der Waals surface area contributed by atoms with Gasteiger partial charge in [0.25, 0.3) is 11.5 Å². The van der Waals surface area contributed by atoms with Gasteiger partial charge in [-0.05, 0) is 42.8 Å². The van der Waals surface area contributed by atoms with Crippen molar-refractivity contribution in [2.24, 2.45) is 0 Å². The first-order chi connectivity index (χ1) is 13.1. The maximum atomic E-state index is 12.8. The molecule has 1 N–H and O–H groups in total. The standard InChI is InChI=1S/C19H15N5O3/c1-12-8-17(23-27-12)22-18(25)14-2-3-16-15(9-14)19(26)24(11-21-16)10-13-4-6-20-7-5-13/h2-9,11H,10H2,1H3,(H,22,23,25). The third kappa shape index (κ3) is 3.45. The van der Waals surface area contributed by atoms with Crippen molar-refractivity contribution in [2.45, 2.75) is 13.5 Å². The molecule has 4 aromatic rings. The summed E-state index contributed by atoms with van der Waals surface area (Å²) in [6, 6.07) is 10.1. The lowest BCUT2D eigenvalue weighted by atomic mass is 10.1. The second kappa shape index (κ2) is 6.83. The highest BCUT2D eigenvalue weighted by molar-refractivity contribution is 6.05. The van der Waals surface area contributed by atoms with Crippen molar-refractivity contribution in [3.05, 3.63) is 82.4 Å². The summed E-state index contributed by atoms with van der Waals surface area (Å²) in [5, 5.41) is 6.74. The first-order valence-electron chi connectivity index (χ1n) is 8.23. The number of pyridine rings is 1. The van der Waals surface area contributed by atoms with Crippen molar-refractivity contribution >= 4 is 22.6 Å². The molecule has 3 aromatic heterocycles. The number of anilines is 1. The van der Waals surface area contributed by atoms with E-state index in [1.807, 2.05) is 12.1 Å². The zero-order chi connectivity index (χ0) is 18.8. The first-order valence-corrected chi connectivity index (χ1v) is 8.23. The van der Waals surface area contributed by atoms with Gasteiger partial charge in [-0.1, -0.05) is 5.16 Å². The van der Waals surface area contributed by atoms with E-state index >= 15 is 0 Å². The molecule has 0 unspecified atom stereocenters. The molecule has 134 valence electrons. The zero-order valence-corrected chi connectivity index (χ0v) is 14.4. The third-order valence-corrected chi connectivity index (χ3v) is 4.06. The zero-order valence-electron chi connectivity index (χ0n) is 14.4. The molecule has 0 saturated heterocycles. The molecule has 3 heterocycles. The fourth-order valence-electron chi connectivity index (χ4n) is 2.71. The summed E-state index contributed by atoms with van der Waals surface area (Å²) in [6.07, 6.45) is 4.84. The van der Waals surface area contributed by atoms with Crippen LogP contribution < -0.4 is 10.9 Å². The highest BCUT2D eigenvalue weighted by Crippen LogP contribution is 2.14. The third-order valence-electron chi connectivity index (χ3n) is 4.06. The maximum absolute atomic E-state index is 12.8. The van der Waals surface area contributed by atoms with Gasteiger partial charge in [0.1, 0.15) is 5.76 Å². The normalized spacial score (nSPS) is 10.9. The molecule has 0 atom stereocenters. The Hall–Kier alpha value is -3.81. The van der Waals surface area contributed by atoms with Crippen molar-refractivity contribution in [1.29, 1.82) is 0 Å². The van der Waals surface area contributed by atoms with Crippen molar-refractivity contribution in [2.75, 3.05) is 5.32 Å². The van der Waals surface area contributed by atoms with E-state index in [0.717, 1.165) is 5.56 Å². The van der Waals surface area contributed by atoms with E-state index < -0.39 is 0 Å². The Morgan fingerprint density at radius 2 is 2.00 bits per heavy atom. The van der Waals surface area contributed by atoms with Gasteiger partial charge < -0.3 is 9.84 Å². The second-order valence-corrected chi connectivity index (χ2v) is 6.04. The number of benzene rings is 1. The van der Waals surface area contributed by atoms with Crippen molar-refractivity contribution in [3.63, 3.8) is 0 Å². The molecule has 0 saturated carbocycles. The number of carbonyl (C=O) groups excluding carboxylic acids is 1. The average Bonchev–Trinajstić information content (AvgIpc) is 3.09. The number of nitrogens with zero attached hydrogens (tertiary/aromatic N) is 4. The van der Waals surface area contributed by atoms with Crippen LogP contribution in [0.1, 0.15) is 21.7 Å². The molecule has 0 aliphatic carbocycles. The predicted octanol–water partition coefficient (Wildman–Crippen LogP) is 2.39. The van der Waals surface area contributed by atoms with Crippen LogP contribution in [0.15, 0.2) is 64.4 Å². The summed E-state index contributed by atoms with van der Waals surface area (Å²) in [5.74, 6) is 0.528. The summed E-state index contributed by atoms with van der Waals surface area (Å²) in [7, 11) is 0. The number of fused-ring (bicyclic) bond motifs is 1. The van der Waals surface area contributed by atoms with E-state index in [4.69, 9.17) is 4.52 Å². The van der Waals surface area contributed by atoms with Gasteiger partial charge in [-0.25, -0.2) is 4.98 Å². The van der Waals surface area contributed by atoms with Crippen molar-refractivity contribution in [3.8, 4) is 0 Å². The van der Waals surface area contributed by atoms with Crippen LogP contribution in [0.5, 0.6) is 0 Å². The molecular weight excluding hydrogens is 346 g/mol. The molecule has 0 fully saturated rings. The Labute approximate surface area is 153 Å². The smallest absolute Gasteiger partial charge is 0.261 e. The number of hydrogen-bond donors (Lipinski definition) is 1. The van der Waals surface area contributed by atoms with E-state index in [0.29, 0.717) is 34.6 Å². The largest absolute Gasteiger partial charge is 0.360 e. The van der Waals surface area contributed by atoms with E-state index in [9.17, 15) is 9.59 Å². The van der Waals surface area contributed by atoms with Gasteiger partial charge in [0.15, 0.2) is 5.82 Å². The van der Waals surface area contributed by atoms with Gasteiger partial charge in [0, 0.05) is 24.0 Å². The number of rotatable bonds is 4. The number of nitrogens with one attached hydrogen (secondary N) is 1. The fourth-order valence-corrected chi connectivity index (χ4v) is 2.71. The van der Waals surface area contributed by atoms with E-state index in [1.54, 1.807) is 37.5 Å². The molecule has 4 rings (SSSR count). The van der Waals surface area contributed by atoms with Crippen LogP contribution >= 0.6 is 0 Å². The highest BCUT2D eigenvalue weighted by Gasteiger charge is 2.12. The molecular formula is C19H15N5O3. The van der Waals surface area contributed by atoms with Crippen LogP contribution in [-0.2, 0) is 6.54 Å². The van der Waals surface area contributed by atoms with Crippen LogP contribution in [0.3, 0.4) is 0 Å². The van der Waals surface area contributed by atoms with Gasteiger partial charge in [0.2, 0.25) is 0 Å². The highest BCUT2D eigenvalue weighted by atomic mass is 16.5. The molecule has 1 aromatic carbocycles. The lowest BCUT2D eigenvalue weighted by Crippen LogP contribution is -2.22. The van der Waals surface area contributed by atoms with E-state index in [1.165, 1.54) is 17.0 Å². The predicted molar refractivity (Wildman–Crippen MR) is 98.5 cm³/mol. The number of hydrogen-bond acceptors (Lipinski definition) is 6. The van der Waals surface area contributed by atoms with Gasteiger partial charge in [-0.15, -0.1) is 0 Å². The summed E-state index contributed by atoms with van der Waals surface area (Å²) in [5.41, 5.74) is 1.58. The van der Waals surface area contributed by atoms with Gasteiger partial charge >= 0.3 is 0 Å². The number of amides is 1. The lowest BCUT2D eigenvalue weighted by molar-refractivity contribution is 0.102. The molecule has 0 bridgehead atoms. The van der Waals surface area contributed by atoms with Crippen LogP contribution in [0, 0.1) is 6.92 Å². The summed E-state index contributed by atoms with van der Waals surface area (Å²) in [4.78, 5) is 33.5. The Bertz CT molecular complexity index is 1180. The molecule has 0 aliphatic heterocycles. The number of aryl methyl sites for hydroxylation is 1. The number of aromatic nitrogens is 4. The Morgan fingerprint density at radius 1 is 1.19 bits per heavy atom. The summed E-state index contributed by atoms with van der Waals surface area (Å²) in [6.45, 7) is 2.11. The van der Waals surface area contributed by atoms with Gasteiger partial charge in [-0.2, -0.15) is 0 Å². The SMILES string of the molecule is Cc1cc(NC(=O)c2ccc3ncn(Cc4ccncc4)c(=O)c3c2)no1. The van der Waals surface area contributed by atoms with E-state index in [-0.39, 0.29) is 11.5 Å². The molecule has 0 aliphatic rings. The monoisotopic (exact) mass is 361 g/mol. The molecule has 8 heteroatoms. The van der Waals surface area contributed by atoms with Crippen LogP contribution in [0.2, 0.25) is 0 Å². The minimum Gasteiger partial charge on any atom is -0.360 e. The molecule has 0 spiro atoms. The maximum Gasteiger partial charge on any atom is 0.261 e. The Morgan fingerprint density at radius 3 is 2.74 bits per heavy atom.